The maximum Gasteiger partial charge on any atom is 0.230 e. The molecule has 0 aliphatic carbocycles. The second kappa shape index (κ2) is 7.31. The first-order valence-corrected chi connectivity index (χ1v) is 8.77. The van der Waals surface area contributed by atoms with Gasteiger partial charge in [-0.3, -0.25) is 4.79 Å². The van der Waals surface area contributed by atoms with Crippen molar-refractivity contribution in [1.29, 1.82) is 0 Å². The molecule has 0 aliphatic rings. The van der Waals surface area contributed by atoms with Crippen molar-refractivity contribution < 1.29 is 4.79 Å². The lowest BCUT2D eigenvalue weighted by molar-refractivity contribution is -0.117. The second-order valence-corrected chi connectivity index (χ2v) is 8.14. The Morgan fingerprint density at radius 2 is 2.00 bits per heavy atom. The third-order valence-electron chi connectivity index (χ3n) is 2.34. The van der Waals surface area contributed by atoms with E-state index in [0.29, 0.717) is 0 Å². The van der Waals surface area contributed by atoms with E-state index in [1.54, 1.807) is 18.7 Å². The molecular formula is C12H12ClN3OS3. The van der Waals surface area contributed by atoms with Crippen molar-refractivity contribution in [3.63, 3.8) is 0 Å². The summed E-state index contributed by atoms with van der Waals surface area (Å²) in [5, 5.41) is 8.58. The highest BCUT2D eigenvalue weighted by atomic mass is 35.5. The van der Waals surface area contributed by atoms with Crippen molar-refractivity contribution in [1.82, 2.24) is 10.2 Å². The molecular weight excluding hydrogens is 334 g/mol. The van der Waals surface area contributed by atoms with Gasteiger partial charge in [0.05, 0.1) is 5.25 Å². The van der Waals surface area contributed by atoms with Crippen LogP contribution in [0.15, 0.2) is 32.9 Å². The fourth-order valence-electron chi connectivity index (χ4n) is 1.24. The molecule has 0 radical (unpaired) electrons. The number of rotatable bonds is 6. The lowest BCUT2D eigenvalue weighted by Crippen LogP contribution is -2.22. The Kier molecular flexibility index (Phi) is 5.71. The summed E-state index contributed by atoms with van der Waals surface area (Å²) in [6.07, 6.45) is 0. The van der Waals surface area contributed by atoms with E-state index >= 15 is 0 Å². The number of benzene rings is 1. The van der Waals surface area contributed by atoms with Crippen molar-refractivity contribution in [2.75, 3.05) is 0 Å². The van der Waals surface area contributed by atoms with Gasteiger partial charge in [-0.1, -0.05) is 58.6 Å². The van der Waals surface area contributed by atoms with Crippen LogP contribution in [0.5, 0.6) is 0 Å². The number of nitrogens with two attached hydrogens (primary N) is 1. The fourth-order valence-corrected chi connectivity index (χ4v) is 4.43. The van der Waals surface area contributed by atoms with E-state index in [2.05, 4.69) is 10.2 Å². The van der Waals surface area contributed by atoms with Crippen LogP contribution in [0.3, 0.4) is 0 Å². The van der Waals surface area contributed by atoms with Gasteiger partial charge in [0.25, 0.3) is 0 Å². The van der Waals surface area contributed by atoms with Crippen LogP contribution in [0, 0.1) is 0 Å². The molecule has 0 unspecified atom stereocenters. The molecule has 20 heavy (non-hydrogen) atoms. The molecule has 0 saturated heterocycles. The molecule has 1 atom stereocenters. The molecule has 106 valence electrons. The summed E-state index contributed by atoms with van der Waals surface area (Å²) in [7, 11) is 0. The summed E-state index contributed by atoms with van der Waals surface area (Å²) in [6.45, 7) is 1.76. The van der Waals surface area contributed by atoms with Gasteiger partial charge in [-0.15, -0.1) is 10.2 Å². The topological polar surface area (TPSA) is 68.9 Å². The van der Waals surface area contributed by atoms with Gasteiger partial charge in [0.1, 0.15) is 0 Å². The van der Waals surface area contributed by atoms with E-state index in [0.717, 1.165) is 19.5 Å². The lowest BCUT2D eigenvalue weighted by Gasteiger charge is -2.01. The first-order valence-electron chi connectivity index (χ1n) is 5.71. The molecule has 0 spiro atoms. The summed E-state index contributed by atoms with van der Waals surface area (Å²) >= 11 is 10.3. The number of carbonyl (C=O) groups excluding carboxylic acids is 1. The Morgan fingerprint density at radius 3 is 2.65 bits per heavy atom. The molecule has 0 bridgehead atoms. The average Bonchev–Trinajstić information content (AvgIpc) is 2.85. The van der Waals surface area contributed by atoms with E-state index in [9.17, 15) is 4.79 Å². The number of halogens is 1. The normalized spacial score (nSPS) is 12.3. The summed E-state index contributed by atoms with van der Waals surface area (Å²) < 4.78 is 1.63. The van der Waals surface area contributed by atoms with E-state index in [1.165, 1.54) is 28.7 Å². The lowest BCUT2D eigenvalue weighted by atomic mass is 10.2. The van der Waals surface area contributed by atoms with E-state index < -0.39 is 0 Å². The van der Waals surface area contributed by atoms with Gasteiger partial charge in [0, 0.05) is 10.8 Å². The van der Waals surface area contributed by atoms with Gasteiger partial charge in [-0.05, 0) is 24.6 Å². The zero-order valence-corrected chi connectivity index (χ0v) is 13.8. The molecule has 1 aromatic carbocycles. The van der Waals surface area contributed by atoms with Crippen LogP contribution >= 0.6 is 46.5 Å². The Morgan fingerprint density at radius 1 is 1.35 bits per heavy atom. The molecule has 8 heteroatoms. The summed E-state index contributed by atoms with van der Waals surface area (Å²) in [4.78, 5) is 11.0. The number of nitrogens with zero attached hydrogens (tertiary/aromatic N) is 2. The Hall–Kier alpha value is -0.760. The highest BCUT2D eigenvalue weighted by Gasteiger charge is 2.14. The molecule has 2 N–H and O–H groups in total. The molecule has 0 fully saturated rings. The zero-order valence-electron chi connectivity index (χ0n) is 10.6. The molecule has 0 aliphatic heterocycles. The standard InChI is InChI=1S/C12H12ClN3OS3/c1-7(10(14)17)19-12-16-15-11(20-12)18-6-8-2-4-9(13)5-3-8/h2-5,7H,6H2,1H3,(H2,14,17)/t7-/m1/s1. The van der Waals surface area contributed by atoms with Gasteiger partial charge in [-0.2, -0.15) is 0 Å². The SMILES string of the molecule is C[C@@H](Sc1nnc(SCc2ccc(Cl)cc2)s1)C(N)=O. The molecule has 1 aromatic heterocycles. The second-order valence-electron chi connectivity index (χ2n) is 3.91. The maximum atomic E-state index is 11.0. The molecule has 4 nitrogen and oxygen atoms in total. The molecule has 2 aromatic rings. The first-order chi connectivity index (χ1) is 9.54. The highest BCUT2D eigenvalue weighted by molar-refractivity contribution is 8.03. The van der Waals surface area contributed by atoms with Crippen LogP contribution in [-0.4, -0.2) is 21.4 Å². The number of primary amides is 1. The number of amides is 1. The summed E-state index contributed by atoms with van der Waals surface area (Å²) in [6, 6.07) is 7.71. The molecule has 0 saturated carbocycles. The third-order valence-corrected chi connectivity index (χ3v) is 5.92. The quantitative estimate of drug-likeness (QED) is 0.812. The van der Waals surface area contributed by atoms with E-state index in [1.807, 2.05) is 24.3 Å². The van der Waals surface area contributed by atoms with Crippen molar-refractivity contribution >= 4 is 52.4 Å². The molecule has 1 heterocycles. The average molecular weight is 346 g/mol. The van der Waals surface area contributed by atoms with Crippen molar-refractivity contribution in [3.8, 4) is 0 Å². The third kappa shape index (κ3) is 4.66. The largest absolute Gasteiger partial charge is 0.369 e. The summed E-state index contributed by atoms with van der Waals surface area (Å²) in [5.74, 6) is 0.461. The number of aromatic nitrogens is 2. The predicted molar refractivity (Wildman–Crippen MR) is 85.4 cm³/mol. The van der Waals surface area contributed by atoms with Gasteiger partial charge in [0.15, 0.2) is 8.68 Å². The zero-order chi connectivity index (χ0) is 14.5. The van der Waals surface area contributed by atoms with Gasteiger partial charge in [0.2, 0.25) is 5.91 Å². The van der Waals surface area contributed by atoms with Gasteiger partial charge < -0.3 is 5.73 Å². The smallest absolute Gasteiger partial charge is 0.230 e. The molecule has 1 amide bonds. The van der Waals surface area contributed by atoms with Crippen LogP contribution in [0.2, 0.25) is 5.02 Å². The monoisotopic (exact) mass is 345 g/mol. The van der Waals surface area contributed by atoms with Gasteiger partial charge in [-0.25, -0.2) is 0 Å². The van der Waals surface area contributed by atoms with Crippen LogP contribution < -0.4 is 5.73 Å². The van der Waals surface area contributed by atoms with Crippen molar-refractivity contribution in [2.45, 2.75) is 26.6 Å². The number of hydrogen-bond donors (Lipinski definition) is 1. The van der Waals surface area contributed by atoms with Crippen LogP contribution in [-0.2, 0) is 10.5 Å². The number of thioether (sulfide) groups is 2. The Bertz CT molecular complexity index is 588. The maximum absolute atomic E-state index is 11.0. The summed E-state index contributed by atoms with van der Waals surface area (Å²) in [5.41, 5.74) is 6.39. The van der Waals surface area contributed by atoms with E-state index in [-0.39, 0.29) is 11.2 Å². The van der Waals surface area contributed by atoms with Gasteiger partial charge >= 0.3 is 0 Å². The van der Waals surface area contributed by atoms with Crippen LogP contribution in [0.4, 0.5) is 0 Å². The minimum atomic E-state index is -0.347. The fraction of sp³-hybridized carbons (Fsp3) is 0.250. The molecule has 2 rings (SSSR count). The van der Waals surface area contributed by atoms with Crippen LogP contribution in [0.1, 0.15) is 12.5 Å². The van der Waals surface area contributed by atoms with E-state index in [4.69, 9.17) is 17.3 Å². The number of hydrogen-bond acceptors (Lipinski definition) is 6. The number of carbonyl (C=O) groups is 1. The Balaban J connectivity index is 1.89. The Labute approximate surface area is 134 Å². The predicted octanol–water partition coefficient (Wildman–Crippen LogP) is 3.45. The van der Waals surface area contributed by atoms with Crippen LogP contribution in [0.25, 0.3) is 0 Å². The highest BCUT2D eigenvalue weighted by Crippen LogP contribution is 2.32. The van der Waals surface area contributed by atoms with Crippen molar-refractivity contribution in [2.24, 2.45) is 5.73 Å². The first kappa shape index (κ1) is 15.6. The minimum Gasteiger partial charge on any atom is -0.369 e. The minimum absolute atomic E-state index is 0.294. The van der Waals surface area contributed by atoms with Crippen molar-refractivity contribution in [3.05, 3.63) is 34.9 Å².